The van der Waals surface area contributed by atoms with Gasteiger partial charge in [0.2, 0.25) is 5.91 Å². The van der Waals surface area contributed by atoms with Crippen LogP contribution in [0.15, 0.2) is 53.0 Å². The molecule has 124 valence electrons. The lowest BCUT2D eigenvalue weighted by atomic mass is 10.1. The third-order valence-corrected chi connectivity index (χ3v) is 5.27. The van der Waals surface area contributed by atoms with Crippen LogP contribution < -0.4 is 10.2 Å². The standard InChI is InChI=1S/C19H20BrN3O/c20-15-6-7-18-17(10-15)21-19(24)11-16-13-22(8-9-23(16)18)12-14-4-2-1-3-5-14/h1-7,10,16H,8-9,11-13H2,(H,21,24). The molecule has 4 nitrogen and oxygen atoms in total. The van der Waals surface area contributed by atoms with Gasteiger partial charge in [-0.25, -0.2) is 0 Å². The summed E-state index contributed by atoms with van der Waals surface area (Å²) in [5.74, 6) is 0.100. The van der Waals surface area contributed by atoms with Gasteiger partial charge in [0.1, 0.15) is 0 Å². The van der Waals surface area contributed by atoms with Crippen LogP contribution in [0.1, 0.15) is 12.0 Å². The van der Waals surface area contributed by atoms with Crippen molar-refractivity contribution in [2.24, 2.45) is 0 Å². The minimum atomic E-state index is 0.100. The number of amides is 1. The summed E-state index contributed by atoms with van der Waals surface area (Å²) in [4.78, 5) is 17.1. The van der Waals surface area contributed by atoms with Crippen molar-refractivity contribution in [3.63, 3.8) is 0 Å². The smallest absolute Gasteiger partial charge is 0.226 e. The molecule has 2 aliphatic rings. The van der Waals surface area contributed by atoms with Gasteiger partial charge in [0.25, 0.3) is 0 Å². The quantitative estimate of drug-likeness (QED) is 0.859. The van der Waals surface area contributed by atoms with Crippen molar-refractivity contribution in [2.45, 2.75) is 19.0 Å². The number of halogens is 1. The Morgan fingerprint density at radius 2 is 1.96 bits per heavy atom. The maximum Gasteiger partial charge on any atom is 0.226 e. The number of hydrogen-bond acceptors (Lipinski definition) is 3. The van der Waals surface area contributed by atoms with E-state index in [1.165, 1.54) is 5.56 Å². The van der Waals surface area contributed by atoms with Gasteiger partial charge in [-0.3, -0.25) is 9.69 Å². The summed E-state index contributed by atoms with van der Waals surface area (Å²) in [6.07, 6.45) is 0.539. The minimum absolute atomic E-state index is 0.100. The molecular weight excluding hydrogens is 366 g/mol. The van der Waals surface area contributed by atoms with Crippen LogP contribution in [0.25, 0.3) is 0 Å². The number of piperazine rings is 1. The van der Waals surface area contributed by atoms with Gasteiger partial charge in [-0.15, -0.1) is 0 Å². The number of anilines is 2. The maximum absolute atomic E-state index is 12.3. The molecule has 0 spiro atoms. The van der Waals surface area contributed by atoms with Crippen LogP contribution in [-0.2, 0) is 11.3 Å². The first-order valence-corrected chi connectivity index (χ1v) is 9.11. The summed E-state index contributed by atoms with van der Waals surface area (Å²) in [6.45, 7) is 3.81. The third kappa shape index (κ3) is 3.19. The second-order valence-corrected chi connectivity index (χ2v) is 7.40. The molecular formula is C19H20BrN3O. The first-order chi connectivity index (χ1) is 11.7. The fraction of sp³-hybridized carbons (Fsp3) is 0.316. The first kappa shape index (κ1) is 15.7. The van der Waals surface area contributed by atoms with Crippen LogP contribution in [-0.4, -0.2) is 36.5 Å². The van der Waals surface area contributed by atoms with E-state index < -0.39 is 0 Å². The molecule has 2 aromatic rings. The van der Waals surface area contributed by atoms with E-state index in [-0.39, 0.29) is 11.9 Å². The lowest BCUT2D eigenvalue weighted by Crippen LogP contribution is -2.53. The van der Waals surface area contributed by atoms with Crippen molar-refractivity contribution in [3.05, 3.63) is 58.6 Å². The molecule has 2 heterocycles. The fourth-order valence-corrected chi connectivity index (χ4v) is 4.03. The summed E-state index contributed by atoms with van der Waals surface area (Å²) in [5, 5.41) is 3.05. The van der Waals surface area contributed by atoms with E-state index in [1.807, 2.05) is 18.2 Å². The lowest BCUT2D eigenvalue weighted by molar-refractivity contribution is -0.116. The predicted molar refractivity (Wildman–Crippen MR) is 100 cm³/mol. The van der Waals surface area contributed by atoms with Crippen LogP contribution in [0.2, 0.25) is 0 Å². The van der Waals surface area contributed by atoms with Crippen molar-refractivity contribution in [3.8, 4) is 0 Å². The van der Waals surface area contributed by atoms with E-state index in [9.17, 15) is 4.79 Å². The predicted octanol–water partition coefficient (Wildman–Crippen LogP) is 3.48. The normalized spacial score (nSPS) is 20.8. The van der Waals surface area contributed by atoms with Crippen LogP contribution >= 0.6 is 15.9 Å². The van der Waals surface area contributed by atoms with E-state index in [4.69, 9.17) is 0 Å². The largest absolute Gasteiger partial charge is 0.364 e. The lowest BCUT2D eigenvalue weighted by Gasteiger charge is -2.42. The number of hydrogen-bond donors (Lipinski definition) is 1. The Morgan fingerprint density at radius 3 is 2.79 bits per heavy atom. The highest BCUT2D eigenvalue weighted by molar-refractivity contribution is 9.10. The highest BCUT2D eigenvalue weighted by Gasteiger charge is 2.32. The number of nitrogens with zero attached hydrogens (tertiary/aromatic N) is 2. The number of rotatable bonds is 2. The zero-order chi connectivity index (χ0) is 16.5. The molecule has 0 bridgehead atoms. The van der Waals surface area contributed by atoms with E-state index >= 15 is 0 Å². The second kappa shape index (κ2) is 6.57. The molecule has 1 amide bonds. The zero-order valence-electron chi connectivity index (χ0n) is 13.4. The average molecular weight is 386 g/mol. The Bertz CT molecular complexity index is 750. The summed E-state index contributed by atoms with van der Waals surface area (Å²) in [7, 11) is 0. The number of carbonyl (C=O) groups excluding carboxylic acids is 1. The van der Waals surface area contributed by atoms with Crippen molar-refractivity contribution >= 4 is 33.2 Å². The zero-order valence-corrected chi connectivity index (χ0v) is 15.0. The Balaban J connectivity index is 1.55. The fourth-order valence-electron chi connectivity index (χ4n) is 3.67. The summed E-state index contributed by atoms with van der Waals surface area (Å²) in [6, 6.07) is 16.9. The average Bonchev–Trinajstić information content (AvgIpc) is 2.70. The molecule has 0 saturated carbocycles. The molecule has 1 saturated heterocycles. The number of nitrogens with one attached hydrogen (secondary N) is 1. The highest BCUT2D eigenvalue weighted by atomic mass is 79.9. The Morgan fingerprint density at radius 1 is 1.12 bits per heavy atom. The summed E-state index contributed by atoms with van der Waals surface area (Å²) >= 11 is 3.49. The SMILES string of the molecule is O=C1CC2CN(Cc3ccccc3)CCN2c2ccc(Br)cc2N1. The van der Waals surface area contributed by atoms with Crippen LogP contribution in [0.3, 0.4) is 0 Å². The first-order valence-electron chi connectivity index (χ1n) is 8.31. The monoisotopic (exact) mass is 385 g/mol. The van der Waals surface area contributed by atoms with Gasteiger partial charge in [0.05, 0.1) is 17.4 Å². The van der Waals surface area contributed by atoms with Gasteiger partial charge in [-0.2, -0.15) is 0 Å². The molecule has 1 N–H and O–H groups in total. The van der Waals surface area contributed by atoms with Crippen LogP contribution in [0, 0.1) is 0 Å². The van der Waals surface area contributed by atoms with Crippen LogP contribution in [0.5, 0.6) is 0 Å². The highest BCUT2D eigenvalue weighted by Crippen LogP contribution is 2.35. The second-order valence-electron chi connectivity index (χ2n) is 6.48. The van der Waals surface area contributed by atoms with Gasteiger partial charge >= 0.3 is 0 Å². The van der Waals surface area contributed by atoms with Crippen molar-refractivity contribution < 1.29 is 4.79 Å². The van der Waals surface area contributed by atoms with Gasteiger partial charge in [-0.1, -0.05) is 46.3 Å². The van der Waals surface area contributed by atoms with Gasteiger partial charge < -0.3 is 10.2 Å². The van der Waals surface area contributed by atoms with Crippen molar-refractivity contribution in [1.82, 2.24) is 4.90 Å². The van der Waals surface area contributed by atoms with Gasteiger partial charge in [0.15, 0.2) is 0 Å². The van der Waals surface area contributed by atoms with Gasteiger partial charge in [-0.05, 0) is 23.8 Å². The third-order valence-electron chi connectivity index (χ3n) is 4.78. The Kier molecular flexibility index (Phi) is 4.29. The van der Waals surface area contributed by atoms with Crippen molar-refractivity contribution in [2.75, 3.05) is 29.9 Å². The number of fused-ring (bicyclic) bond motifs is 3. The van der Waals surface area contributed by atoms with E-state index in [2.05, 4.69) is 61.4 Å². The van der Waals surface area contributed by atoms with Crippen molar-refractivity contribution in [1.29, 1.82) is 0 Å². The molecule has 24 heavy (non-hydrogen) atoms. The molecule has 0 radical (unpaired) electrons. The number of benzene rings is 2. The van der Waals surface area contributed by atoms with E-state index in [0.717, 1.165) is 42.0 Å². The molecule has 4 rings (SSSR count). The maximum atomic E-state index is 12.3. The Labute approximate surface area is 150 Å². The van der Waals surface area contributed by atoms with E-state index in [1.54, 1.807) is 0 Å². The van der Waals surface area contributed by atoms with Gasteiger partial charge in [0, 0.05) is 37.1 Å². The topological polar surface area (TPSA) is 35.6 Å². The molecule has 5 heteroatoms. The molecule has 1 unspecified atom stereocenters. The number of carbonyl (C=O) groups is 1. The molecule has 2 aromatic carbocycles. The summed E-state index contributed by atoms with van der Waals surface area (Å²) < 4.78 is 0.989. The minimum Gasteiger partial charge on any atom is -0.364 e. The summed E-state index contributed by atoms with van der Waals surface area (Å²) in [5.41, 5.74) is 3.37. The molecule has 2 aliphatic heterocycles. The van der Waals surface area contributed by atoms with E-state index in [0.29, 0.717) is 6.42 Å². The Hall–Kier alpha value is -1.85. The molecule has 1 fully saturated rings. The van der Waals surface area contributed by atoms with Crippen LogP contribution in [0.4, 0.5) is 11.4 Å². The molecule has 0 aromatic heterocycles. The molecule has 1 atom stereocenters. The molecule has 0 aliphatic carbocycles.